The van der Waals surface area contributed by atoms with Crippen molar-refractivity contribution in [2.75, 3.05) is 21.2 Å². The summed E-state index contributed by atoms with van der Waals surface area (Å²) in [5.41, 5.74) is 0. The fraction of sp³-hybridized carbons (Fsp3) is 0.864. The number of nitrogens with one attached hydrogen (secondary N) is 1. The maximum atomic E-state index is 13.5. The van der Waals surface area contributed by atoms with E-state index in [-0.39, 0.29) is 47.8 Å². The standard InChI is InChI=1S/C22H42BN3O4/c1-11-15(6)20(17(30-10)12-16(7)27)25(8)22(29)18(13(2)3)24-21(28)19(14(4)5)26(9)23/h13-15,17-20H,11-12H2,1-10H3,(H,24,28). The Kier molecular flexibility index (Phi) is 12.5. The number of ketones is 1. The zero-order valence-corrected chi connectivity index (χ0v) is 20.6. The molecular weight excluding hydrogens is 381 g/mol. The number of Topliss-reactive ketones (excluding diaryl/α,β-unsaturated/α-hetero) is 1. The van der Waals surface area contributed by atoms with E-state index in [1.807, 2.05) is 41.5 Å². The molecule has 172 valence electrons. The largest absolute Gasteiger partial charge is 0.379 e. The number of rotatable bonds is 13. The normalized spacial score (nSPS) is 16.8. The highest BCUT2D eigenvalue weighted by Crippen LogP contribution is 2.23. The fourth-order valence-electron chi connectivity index (χ4n) is 3.94. The first-order chi connectivity index (χ1) is 13.8. The van der Waals surface area contributed by atoms with E-state index < -0.39 is 18.2 Å². The molecule has 0 fully saturated rings. The van der Waals surface area contributed by atoms with Crippen LogP contribution in [-0.4, -0.2) is 80.7 Å². The minimum Gasteiger partial charge on any atom is -0.379 e. The van der Waals surface area contributed by atoms with E-state index in [1.54, 1.807) is 26.1 Å². The van der Waals surface area contributed by atoms with Crippen molar-refractivity contribution in [3.05, 3.63) is 0 Å². The molecule has 30 heavy (non-hydrogen) atoms. The van der Waals surface area contributed by atoms with Gasteiger partial charge in [-0.25, -0.2) is 0 Å². The van der Waals surface area contributed by atoms with Gasteiger partial charge in [-0.2, -0.15) is 0 Å². The van der Waals surface area contributed by atoms with E-state index in [1.165, 1.54) is 11.7 Å². The van der Waals surface area contributed by atoms with E-state index in [0.717, 1.165) is 6.42 Å². The summed E-state index contributed by atoms with van der Waals surface area (Å²) < 4.78 is 5.61. The molecule has 0 aliphatic rings. The van der Waals surface area contributed by atoms with Crippen LogP contribution in [0.4, 0.5) is 0 Å². The summed E-state index contributed by atoms with van der Waals surface area (Å²) in [4.78, 5) is 41.1. The van der Waals surface area contributed by atoms with Gasteiger partial charge in [-0.15, -0.1) is 0 Å². The van der Waals surface area contributed by atoms with Gasteiger partial charge >= 0.3 is 0 Å². The number of ether oxygens (including phenoxy) is 1. The zero-order chi connectivity index (χ0) is 23.8. The first kappa shape index (κ1) is 28.6. The van der Waals surface area contributed by atoms with Crippen molar-refractivity contribution in [3.8, 4) is 0 Å². The third-order valence-corrected chi connectivity index (χ3v) is 5.76. The van der Waals surface area contributed by atoms with Gasteiger partial charge in [0.25, 0.3) is 0 Å². The molecule has 0 rings (SSSR count). The summed E-state index contributed by atoms with van der Waals surface area (Å²) in [5.74, 6) is -0.479. The van der Waals surface area contributed by atoms with Gasteiger partial charge in [0.2, 0.25) is 11.8 Å². The smallest absolute Gasteiger partial charge is 0.245 e. The topological polar surface area (TPSA) is 79.0 Å². The molecule has 0 aliphatic heterocycles. The van der Waals surface area contributed by atoms with Crippen LogP contribution < -0.4 is 5.32 Å². The Morgan fingerprint density at radius 3 is 1.90 bits per heavy atom. The zero-order valence-electron chi connectivity index (χ0n) is 20.6. The Morgan fingerprint density at radius 2 is 1.57 bits per heavy atom. The van der Waals surface area contributed by atoms with Crippen LogP contribution in [0.5, 0.6) is 0 Å². The SMILES string of the molecule is [B]N(C)C(C(=O)NC(C(=O)N(C)C(C(C)CC)C(CC(C)=O)OC)C(C)C)C(C)C. The molecule has 1 N–H and O–H groups in total. The van der Waals surface area contributed by atoms with E-state index in [0.29, 0.717) is 0 Å². The summed E-state index contributed by atoms with van der Waals surface area (Å²) in [7, 11) is 10.8. The molecule has 7 nitrogen and oxygen atoms in total. The lowest BCUT2D eigenvalue weighted by Gasteiger charge is -2.40. The van der Waals surface area contributed by atoms with Crippen LogP contribution >= 0.6 is 0 Å². The van der Waals surface area contributed by atoms with Gasteiger partial charge < -0.3 is 19.8 Å². The summed E-state index contributed by atoms with van der Waals surface area (Å²) in [6.45, 7) is 13.2. The molecule has 0 bridgehead atoms. The van der Waals surface area contributed by atoms with Crippen molar-refractivity contribution in [2.45, 2.75) is 85.5 Å². The maximum Gasteiger partial charge on any atom is 0.245 e. The van der Waals surface area contributed by atoms with E-state index >= 15 is 0 Å². The minimum atomic E-state index is -0.704. The molecule has 0 saturated heterocycles. The van der Waals surface area contributed by atoms with E-state index in [2.05, 4.69) is 5.32 Å². The van der Waals surface area contributed by atoms with Gasteiger partial charge in [0.1, 0.15) is 11.8 Å². The van der Waals surface area contributed by atoms with E-state index in [4.69, 9.17) is 12.7 Å². The number of hydrogen-bond donors (Lipinski definition) is 1. The second kappa shape index (κ2) is 13.1. The Labute approximate surface area is 184 Å². The van der Waals surface area contributed by atoms with Crippen molar-refractivity contribution in [1.82, 2.24) is 15.0 Å². The highest BCUT2D eigenvalue weighted by atomic mass is 16.5. The monoisotopic (exact) mass is 423 g/mol. The molecule has 0 aromatic carbocycles. The second-order valence-electron chi connectivity index (χ2n) is 9.09. The molecular formula is C22H42BN3O4. The molecule has 0 heterocycles. The Bertz CT molecular complexity index is 561. The number of carbonyl (C=O) groups excluding carboxylic acids is 3. The molecule has 0 aromatic rings. The maximum absolute atomic E-state index is 13.5. The second-order valence-corrected chi connectivity index (χ2v) is 9.09. The van der Waals surface area contributed by atoms with Gasteiger partial charge in [-0.3, -0.25) is 14.4 Å². The van der Waals surface area contributed by atoms with Crippen LogP contribution in [0.3, 0.4) is 0 Å². The number of nitrogens with zero attached hydrogens (tertiary/aromatic N) is 2. The van der Waals surface area contributed by atoms with Crippen molar-refractivity contribution in [1.29, 1.82) is 0 Å². The molecule has 5 unspecified atom stereocenters. The molecule has 0 spiro atoms. The van der Waals surface area contributed by atoms with Gasteiger partial charge in [0.05, 0.1) is 18.2 Å². The summed E-state index contributed by atoms with van der Waals surface area (Å²) in [5, 5.41) is 2.91. The molecule has 0 aliphatic carbocycles. The third kappa shape index (κ3) is 8.02. The van der Waals surface area contributed by atoms with Crippen LogP contribution in [0.25, 0.3) is 0 Å². The van der Waals surface area contributed by atoms with Gasteiger partial charge in [0, 0.05) is 20.6 Å². The molecule has 0 aromatic heterocycles. The lowest BCUT2D eigenvalue weighted by Crippen LogP contribution is -2.59. The Hall–Kier alpha value is -1.41. The van der Waals surface area contributed by atoms with Crippen molar-refractivity contribution < 1.29 is 19.1 Å². The van der Waals surface area contributed by atoms with Crippen LogP contribution in [0.2, 0.25) is 0 Å². The molecule has 8 heteroatoms. The highest BCUT2D eigenvalue weighted by molar-refractivity contribution is 6.06. The first-order valence-corrected chi connectivity index (χ1v) is 10.9. The van der Waals surface area contributed by atoms with Gasteiger partial charge in [-0.1, -0.05) is 48.0 Å². The number of carbonyl (C=O) groups is 3. The molecule has 2 radical (unpaired) electrons. The number of likely N-dealkylation sites (N-methyl/N-ethyl adjacent to an activating group) is 2. The van der Waals surface area contributed by atoms with Gasteiger partial charge in [-0.05, 0) is 31.7 Å². The summed E-state index contributed by atoms with van der Waals surface area (Å²) in [6, 6.07) is -1.53. The van der Waals surface area contributed by atoms with Gasteiger partial charge in [0.15, 0.2) is 7.98 Å². The van der Waals surface area contributed by atoms with Crippen LogP contribution in [0.15, 0.2) is 0 Å². The lowest BCUT2D eigenvalue weighted by atomic mass is 9.89. The van der Waals surface area contributed by atoms with E-state index in [9.17, 15) is 14.4 Å². The molecule has 2 amide bonds. The predicted molar refractivity (Wildman–Crippen MR) is 121 cm³/mol. The van der Waals surface area contributed by atoms with Crippen molar-refractivity contribution in [2.24, 2.45) is 17.8 Å². The molecule has 5 atom stereocenters. The van der Waals surface area contributed by atoms with Crippen molar-refractivity contribution >= 4 is 25.6 Å². The number of methoxy groups -OCH3 is 1. The molecule has 0 saturated carbocycles. The van der Waals surface area contributed by atoms with Crippen LogP contribution in [0.1, 0.15) is 61.3 Å². The quantitative estimate of drug-likeness (QED) is 0.459. The Morgan fingerprint density at radius 1 is 1.03 bits per heavy atom. The third-order valence-electron chi connectivity index (χ3n) is 5.76. The first-order valence-electron chi connectivity index (χ1n) is 10.9. The predicted octanol–water partition coefficient (Wildman–Crippen LogP) is 2.03. The minimum absolute atomic E-state index is 0.00970. The average molecular weight is 423 g/mol. The summed E-state index contributed by atoms with van der Waals surface area (Å²) in [6.07, 6.45) is 0.648. The Balaban J connectivity index is 5.80. The average Bonchev–Trinajstić information content (AvgIpc) is 2.63. The highest BCUT2D eigenvalue weighted by Gasteiger charge is 2.38. The van der Waals surface area contributed by atoms with Crippen LogP contribution in [0, 0.1) is 17.8 Å². The lowest BCUT2D eigenvalue weighted by molar-refractivity contribution is -0.144. The fourth-order valence-corrected chi connectivity index (χ4v) is 3.94. The summed E-state index contributed by atoms with van der Waals surface area (Å²) >= 11 is 0. The number of amides is 2. The number of hydrogen-bond acceptors (Lipinski definition) is 5. The van der Waals surface area contributed by atoms with Crippen molar-refractivity contribution in [3.63, 3.8) is 0 Å². The van der Waals surface area contributed by atoms with Crippen LogP contribution in [-0.2, 0) is 19.1 Å².